The van der Waals surface area contributed by atoms with Gasteiger partial charge in [0.05, 0.1) is 0 Å². The van der Waals surface area contributed by atoms with Crippen molar-refractivity contribution in [1.29, 1.82) is 0 Å². The zero-order valence-corrected chi connectivity index (χ0v) is 4.42. The van der Waals surface area contributed by atoms with Crippen LogP contribution in [-0.4, -0.2) is 6.18 Å². The first-order valence-electron chi connectivity index (χ1n) is 2.17. The van der Waals surface area contributed by atoms with Gasteiger partial charge in [0.15, 0.2) is 0 Å². The van der Waals surface area contributed by atoms with E-state index in [0.717, 1.165) is 0 Å². The van der Waals surface area contributed by atoms with E-state index in [1.807, 2.05) is 0 Å². The Morgan fingerprint density at radius 3 is 1.88 bits per heavy atom. The second kappa shape index (κ2) is 2.20. The van der Waals surface area contributed by atoms with E-state index in [4.69, 9.17) is 0 Å². The first kappa shape index (κ1) is 7.53. The minimum Gasteiger partial charge on any atom is -0.166 e. The summed E-state index contributed by atoms with van der Waals surface area (Å²) in [7, 11) is 0. The highest BCUT2D eigenvalue weighted by molar-refractivity contribution is 4.97. The molecule has 0 unspecified atom stereocenters. The Balaban J connectivity index is 3.82. The van der Waals surface area contributed by atoms with Crippen LogP contribution < -0.4 is 0 Å². The standard InChI is InChI=1S/C5H6F3/c1-3-4(2)5(6,7)8/h2H,3H2,1H3. The summed E-state index contributed by atoms with van der Waals surface area (Å²) in [5, 5.41) is 0. The average molecular weight is 123 g/mol. The third-order valence-corrected chi connectivity index (χ3v) is 0.745. The summed E-state index contributed by atoms with van der Waals surface area (Å²) in [5.74, 6) is 0. The van der Waals surface area contributed by atoms with Gasteiger partial charge in [-0.2, -0.15) is 13.2 Å². The molecule has 0 saturated carbocycles. The largest absolute Gasteiger partial charge is 0.412 e. The molecule has 8 heavy (non-hydrogen) atoms. The molecule has 0 aromatic heterocycles. The van der Waals surface area contributed by atoms with Gasteiger partial charge < -0.3 is 0 Å². The molecule has 0 rings (SSSR count). The van der Waals surface area contributed by atoms with Gasteiger partial charge in [-0.15, -0.1) is 0 Å². The molecule has 0 aliphatic heterocycles. The van der Waals surface area contributed by atoms with Crippen molar-refractivity contribution in [3.05, 3.63) is 12.2 Å². The van der Waals surface area contributed by atoms with Gasteiger partial charge in [0.25, 0.3) is 0 Å². The van der Waals surface area contributed by atoms with E-state index in [0.29, 0.717) is 0 Å². The summed E-state index contributed by atoms with van der Waals surface area (Å²) in [5.41, 5.74) is -0.919. The molecule has 0 aromatic rings. The molecule has 0 heterocycles. The lowest BCUT2D eigenvalue weighted by atomic mass is 10.2. The van der Waals surface area contributed by atoms with Crippen LogP contribution in [-0.2, 0) is 0 Å². The lowest BCUT2D eigenvalue weighted by molar-refractivity contribution is -0.0935. The number of alkyl halides is 3. The van der Waals surface area contributed by atoms with Crippen molar-refractivity contribution in [2.45, 2.75) is 19.5 Å². The SMILES string of the molecule is [CH]=C(CC)C(F)(F)F. The molecule has 0 aliphatic carbocycles. The van der Waals surface area contributed by atoms with Crippen molar-refractivity contribution < 1.29 is 13.2 Å². The smallest absolute Gasteiger partial charge is 0.166 e. The van der Waals surface area contributed by atoms with Crippen LogP contribution in [0.5, 0.6) is 0 Å². The Kier molecular flexibility index (Phi) is 2.07. The minimum atomic E-state index is -4.30. The molecule has 0 amide bonds. The molecule has 0 atom stereocenters. The molecule has 0 N–H and O–H groups in total. The Bertz CT molecular complexity index is 90.3. The van der Waals surface area contributed by atoms with Gasteiger partial charge >= 0.3 is 6.18 Å². The molecule has 3 heteroatoms. The van der Waals surface area contributed by atoms with E-state index in [-0.39, 0.29) is 6.42 Å². The Morgan fingerprint density at radius 1 is 1.50 bits per heavy atom. The Hall–Kier alpha value is -0.470. The monoisotopic (exact) mass is 123 g/mol. The fraction of sp³-hybridized carbons (Fsp3) is 0.600. The zero-order valence-electron chi connectivity index (χ0n) is 4.42. The van der Waals surface area contributed by atoms with E-state index in [1.165, 1.54) is 6.92 Å². The number of hydrogen-bond donors (Lipinski definition) is 0. The van der Waals surface area contributed by atoms with Crippen molar-refractivity contribution >= 4 is 0 Å². The van der Waals surface area contributed by atoms with Crippen LogP contribution in [0.4, 0.5) is 13.2 Å². The van der Waals surface area contributed by atoms with Crippen LogP contribution in [0.25, 0.3) is 0 Å². The summed E-state index contributed by atoms with van der Waals surface area (Å²) < 4.78 is 33.9. The summed E-state index contributed by atoms with van der Waals surface area (Å²) in [6.07, 6.45) is -4.43. The lowest BCUT2D eigenvalue weighted by Crippen LogP contribution is -2.09. The lowest BCUT2D eigenvalue weighted by Gasteiger charge is -2.04. The summed E-state index contributed by atoms with van der Waals surface area (Å²) >= 11 is 0. The van der Waals surface area contributed by atoms with Gasteiger partial charge in [-0.05, 0) is 6.42 Å². The van der Waals surface area contributed by atoms with Gasteiger partial charge in [-0.1, -0.05) is 13.5 Å². The summed E-state index contributed by atoms with van der Waals surface area (Å²) in [6, 6.07) is 0. The maximum Gasteiger partial charge on any atom is 0.412 e. The van der Waals surface area contributed by atoms with Crippen LogP contribution in [0.15, 0.2) is 5.57 Å². The molecular formula is C5H6F3. The van der Waals surface area contributed by atoms with E-state index in [2.05, 4.69) is 6.58 Å². The normalized spacial score (nSPS) is 11.5. The maximum absolute atomic E-state index is 11.3. The summed E-state index contributed by atoms with van der Waals surface area (Å²) in [4.78, 5) is 0. The summed E-state index contributed by atoms with van der Waals surface area (Å²) in [6.45, 7) is 5.91. The van der Waals surface area contributed by atoms with Crippen molar-refractivity contribution in [3.63, 3.8) is 0 Å². The second-order valence-electron chi connectivity index (χ2n) is 1.38. The molecule has 0 spiro atoms. The van der Waals surface area contributed by atoms with Gasteiger partial charge in [-0.3, -0.25) is 0 Å². The van der Waals surface area contributed by atoms with Gasteiger partial charge in [0, 0.05) is 5.57 Å². The number of allylic oxidation sites excluding steroid dienone is 1. The predicted octanol–water partition coefficient (Wildman–Crippen LogP) is 2.32. The predicted molar refractivity (Wildman–Crippen MR) is 24.2 cm³/mol. The molecule has 0 bridgehead atoms. The van der Waals surface area contributed by atoms with Crippen LogP contribution in [0.2, 0.25) is 0 Å². The van der Waals surface area contributed by atoms with Gasteiger partial charge in [0.1, 0.15) is 0 Å². The molecule has 0 nitrogen and oxygen atoms in total. The number of hydrogen-bond acceptors (Lipinski definition) is 0. The topological polar surface area (TPSA) is 0 Å². The molecule has 0 fully saturated rings. The number of rotatable bonds is 1. The Labute approximate surface area is 46.0 Å². The highest BCUT2D eigenvalue weighted by Gasteiger charge is 2.29. The fourth-order valence-electron chi connectivity index (χ4n) is 0.200. The molecular weight excluding hydrogens is 117 g/mol. The van der Waals surface area contributed by atoms with Crippen LogP contribution >= 0.6 is 0 Å². The zero-order chi connectivity index (χ0) is 6.78. The van der Waals surface area contributed by atoms with Gasteiger partial charge in [-0.25, -0.2) is 0 Å². The quantitative estimate of drug-likeness (QED) is 0.502. The van der Waals surface area contributed by atoms with E-state index in [1.54, 1.807) is 0 Å². The highest BCUT2D eigenvalue weighted by atomic mass is 19.4. The first-order chi connectivity index (χ1) is 3.48. The average Bonchev–Trinajstić information content (AvgIpc) is 1.62. The highest BCUT2D eigenvalue weighted by Crippen LogP contribution is 2.25. The maximum atomic E-state index is 11.3. The third kappa shape index (κ3) is 2.00. The molecule has 0 aromatic carbocycles. The molecule has 0 saturated heterocycles. The van der Waals surface area contributed by atoms with E-state index < -0.39 is 11.7 Å². The van der Waals surface area contributed by atoms with E-state index in [9.17, 15) is 13.2 Å². The van der Waals surface area contributed by atoms with Crippen LogP contribution in [0.1, 0.15) is 13.3 Å². The van der Waals surface area contributed by atoms with Crippen molar-refractivity contribution in [2.75, 3.05) is 0 Å². The number of halogens is 3. The van der Waals surface area contributed by atoms with Crippen molar-refractivity contribution in [3.8, 4) is 0 Å². The Morgan fingerprint density at radius 2 is 1.88 bits per heavy atom. The fourth-order valence-corrected chi connectivity index (χ4v) is 0.200. The van der Waals surface area contributed by atoms with Crippen LogP contribution in [0.3, 0.4) is 0 Å². The first-order valence-corrected chi connectivity index (χ1v) is 2.17. The van der Waals surface area contributed by atoms with Crippen LogP contribution in [0, 0.1) is 6.58 Å². The van der Waals surface area contributed by atoms with Gasteiger partial charge in [0.2, 0.25) is 0 Å². The second-order valence-corrected chi connectivity index (χ2v) is 1.38. The molecule has 1 radical (unpaired) electrons. The molecule has 0 aliphatic rings. The van der Waals surface area contributed by atoms with Crippen molar-refractivity contribution in [1.82, 2.24) is 0 Å². The third-order valence-electron chi connectivity index (χ3n) is 0.745. The molecule has 47 valence electrons. The van der Waals surface area contributed by atoms with Crippen molar-refractivity contribution in [2.24, 2.45) is 0 Å². The van der Waals surface area contributed by atoms with E-state index >= 15 is 0 Å². The minimum absolute atomic E-state index is 0.135.